The van der Waals surface area contributed by atoms with Crippen LogP contribution in [0, 0.1) is 6.92 Å². The van der Waals surface area contributed by atoms with Crippen LogP contribution in [-0.2, 0) is 9.59 Å². The number of halogens is 1. The molecule has 0 spiro atoms. The standard InChI is InChI=1S/C24H17BrN2O6S/c1-13-10-14(23(30)31)6-8-16(13)19-9-7-15(33-19)11-20-22(29)27(24(32)34-20)12-21(28)26-18-5-3-2-4-17(18)25/h2-11H,12H2,1H3,(H,26,28)(H,30,31)/b20-11-. The predicted octanol–water partition coefficient (Wildman–Crippen LogP) is 5.39. The van der Waals surface area contributed by atoms with Crippen LogP contribution in [0.2, 0.25) is 0 Å². The third-order valence-corrected chi connectivity index (χ3v) is 6.56. The molecule has 3 aromatic rings. The number of carbonyl (C=O) groups excluding carboxylic acids is 3. The van der Waals surface area contributed by atoms with E-state index in [9.17, 15) is 19.2 Å². The fraction of sp³-hybridized carbons (Fsp3) is 0.0833. The van der Waals surface area contributed by atoms with E-state index < -0.39 is 29.6 Å². The molecule has 2 aromatic carbocycles. The van der Waals surface area contributed by atoms with Crippen molar-refractivity contribution in [3.8, 4) is 11.3 Å². The zero-order valence-corrected chi connectivity index (χ0v) is 20.1. The highest BCUT2D eigenvalue weighted by atomic mass is 79.9. The molecule has 0 unspecified atom stereocenters. The maximum Gasteiger partial charge on any atom is 0.335 e. The van der Waals surface area contributed by atoms with Crippen molar-refractivity contribution in [2.75, 3.05) is 11.9 Å². The molecule has 0 bridgehead atoms. The number of imide groups is 1. The largest absolute Gasteiger partial charge is 0.478 e. The second-order valence-corrected chi connectivity index (χ2v) is 9.18. The van der Waals surface area contributed by atoms with Gasteiger partial charge in [-0.3, -0.25) is 19.3 Å². The van der Waals surface area contributed by atoms with Gasteiger partial charge in [-0.15, -0.1) is 0 Å². The van der Waals surface area contributed by atoms with Crippen LogP contribution in [0.3, 0.4) is 0 Å². The molecule has 8 nitrogen and oxygen atoms in total. The Labute approximate surface area is 206 Å². The Morgan fingerprint density at radius 3 is 2.62 bits per heavy atom. The van der Waals surface area contributed by atoms with E-state index in [1.807, 2.05) is 0 Å². The highest BCUT2D eigenvalue weighted by Crippen LogP contribution is 2.34. The van der Waals surface area contributed by atoms with E-state index in [-0.39, 0.29) is 10.5 Å². The van der Waals surface area contributed by atoms with Gasteiger partial charge >= 0.3 is 5.97 Å². The van der Waals surface area contributed by atoms with E-state index in [1.54, 1.807) is 55.5 Å². The molecule has 1 saturated heterocycles. The quantitative estimate of drug-likeness (QED) is 0.402. The first kappa shape index (κ1) is 23.5. The summed E-state index contributed by atoms with van der Waals surface area (Å²) in [6, 6.07) is 15.0. The van der Waals surface area contributed by atoms with Crippen molar-refractivity contribution in [1.29, 1.82) is 0 Å². The second kappa shape index (κ2) is 9.70. The van der Waals surface area contributed by atoms with Crippen molar-refractivity contribution < 1.29 is 28.7 Å². The average molecular weight is 541 g/mol. The second-order valence-electron chi connectivity index (χ2n) is 7.33. The Balaban J connectivity index is 1.47. The monoisotopic (exact) mass is 540 g/mol. The molecule has 0 radical (unpaired) electrons. The van der Waals surface area contributed by atoms with E-state index >= 15 is 0 Å². The fourth-order valence-electron chi connectivity index (χ4n) is 3.31. The number of rotatable bonds is 6. The zero-order chi connectivity index (χ0) is 24.4. The van der Waals surface area contributed by atoms with Gasteiger partial charge in [-0.25, -0.2) is 4.79 Å². The van der Waals surface area contributed by atoms with Gasteiger partial charge in [0.2, 0.25) is 5.91 Å². The number of thioether (sulfide) groups is 1. The number of aryl methyl sites for hydroxylation is 1. The molecule has 4 rings (SSSR count). The van der Waals surface area contributed by atoms with Gasteiger partial charge in [0.05, 0.1) is 16.2 Å². The predicted molar refractivity (Wildman–Crippen MR) is 131 cm³/mol. The zero-order valence-electron chi connectivity index (χ0n) is 17.7. The Bertz CT molecular complexity index is 1360. The normalized spacial score (nSPS) is 14.6. The lowest BCUT2D eigenvalue weighted by molar-refractivity contribution is -0.127. The molecule has 10 heteroatoms. The number of carbonyl (C=O) groups is 4. The summed E-state index contributed by atoms with van der Waals surface area (Å²) in [7, 11) is 0. The third-order valence-electron chi connectivity index (χ3n) is 4.96. The fourth-order valence-corrected chi connectivity index (χ4v) is 4.51. The number of anilines is 1. The molecule has 0 atom stereocenters. The lowest BCUT2D eigenvalue weighted by atomic mass is 10.0. The first-order valence-electron chi connectivity index (χ1n) is 9.97. The number of benzene rings is 2. The maximum atomic E-state index is 12.7. The number of nitrogens with zero attached hydrogens (tertiary/aromatic N) is 1. The number of carboxylic acid groups (broad SMARTS) is 1. The van der Waals surface area contributed by atoms with E-state index in [1.165, 1.54) is 12.1 Å². The summed E-state index contributed by atoms with van der Waals surface area (Å²) in [6.07, 6.45) is 1.45. The molecular formula is C24H17BrN2O6S. The van der Waals surface area contributed by atoms with Crippen molar-refractivity contribution in [3.05, 3.63) is 80.9 Å². The third kappa shape index (κ3) is 4.97. The van der Waals surface area contributed by atoms with Crippen molar-refractivity contribution >= 4 is 62.5 Å². The number of carboxylic acids is 1. The molecule has 2 N–H and O–H groups in total. The summed E-state index contributed by atoms with van der Waals surface area (Å²) in [4.78, 5) is 49.6. The highest BCUT2D eigenvalue weighted by molar-refractivity contribution is 9.10. The summed E-state index contributed by atoms with van der Waals surface area (Å²) < 4.78 is 6.48. The van der Waals surface area contributed by atoms with Crippen molar-refractivity contribution in [1.82, 2.24) is 4.90 Å². The number of nitrogens with one attached hydrogen (secondary N) is 1. The minimum atomic E-state index is -1.02. The minimum absolute atomic E-state index is 0.137. The summed E-state index contributed by atoms with van der Waals surface area (Å²) in [5, 5.41) is 11.2. The number of hydrogen-bond acceptors (Lipinski definition) is 6. The van der Waals surface area contributed by atoms with E-state index in [0.29, 0.717) is 27.2 Å². The van der Waals surface area contributed by atoms with Gasteiger partial charge in [-0.2, -0.15) is 0 Å². The lowest BCUT2D eigenvalue weighted by Crippen LogP contribution is -2.36. The summed E-state index contributed by atoms with van der Waals surface area (Å²) in [5.41, 5.74) is 2.13. The van der Waals surface area contributed by atoms with E-state index in [0.717, 1.165) is 22.2 Å². The van der Waals surface area contributed by atoms with Crippen molar-refractivity contribution in [2.24, 2.45) is 0 Å². The van der Waals surface area contributed by atoms with E-state index in [2.05, 4.69) is 21.2 Å². The molecule has 1 fully saturated rings. The topological polar surface area (TPSA) is 117 Å². The van der Waals surface area contributed by atoms with Gasteiger partial charge in [0.25, 0.3) is 11.1 Å². The van der Waals surface area contributed by atoms with Crippen LogP contribution in [0.25, 0.3) is 17.4 Å². The number of aromatic carboxylic acids is 1. The number of hydrogen-bond donors (Lipinski definition) is 2. The smallest absolute Gasteiger partial charge is 0.335 e. The van der Waals surface area contributed by atoms with Crippen molar-refractivity contribution in [2.45, 2.75) is 6.92 Å². The molecular weight excluding hydrogens is 524 g/mol. The number of para-hydroxylation sites is 1. The molecule has 0 aliphatic carbocycles. The molecule has 172 valence electrons. The lowest BCUT2D eigenvalue weighted by Gasteiger charge is -2.13. The Morgan fingerprint density at radius 1 is 1.15 bits per heavy atom. The van der Waals surface area contributed by atoms with Crippen LogP contribution in [0.1, 0.15) is 21.7 Å². The molecule has 1 aromatic heterocycles. The van der Waals surface area contributed by atoms with Crippen LogP contribution >= 0.6 is 27.7 Å². The Hall–Kier alpha value is -3.63. The van der Waals surface area contributed by atoms with Gasteiger partial charge in [0.1, 0.15) is 18.1 Å². The van der Waals surface area contributed by atoms with Crippen LogP contribution in [0.15, 0.2) is 68.4 Å². The maximum absolute atomic E-state index is 12.7. The van der Waals surface area contributed by atoms with Gasteiger partial charge in [0, 0.05) is 16.1 Å². The molecule has 2 heterocycles. The Kier molecular flexibility index (Phi) is 6.71. The highest BCUT2D eigenvalue weighted by Gasteiger charge is 2.36. The van der Waals surface area contributed by atoms with Gasteiger partial charge in [-0.1, -0.05) is 18.2 Å². The minimum Gasteiger partial charge on any atom is -0.478 e. The average Bonchev–Trinajstić information content (AvgIpc) is 3.35. The summed E-state index contributed by atoms with van der Waals surface area (Å²) >= 11 is 4.05. The Morgan fingerprint density at radius 2 is 1.91 bits per heavy atom. The molecule has 34 heavy (non-hydrogen) atoms. The van der Waals surface area contributed by atoms with Crippen LogP contribution in [0.4, 0.5) is 10.5 Å². The number of furan rings is 1. The van der Waals surface area contributed by atoms with Crippen LogP contribution < -0.4 is 5.32 Å². The molecule has 0 saturated carbocycles. The first-order chi connectivity index (χ1) is 16.2. The van der Waals surface area contributed by atoms with Crippen LogP contribution in [-0.4, -0.2) is 39.6 Å². The summed E-state index contributed by atoms with van der Waals surface area (Å²) in [5.74, 6) is -1.27. The van der Waals surface area contributed by atoms with Gasteiger partial charge in [0.15, 0.2) is 0 Å². The molecule has 1 aliphatic rings. The van der Waals surface area contributed by atoms with Crippen molar-refractivity contribution in [3.63, 3.8) is 0 Å². The SMILES string of the molecule is Cc1cc(C(=O)O)ccc1-c1ccc(/C=C2\SC(=O)N(CC(=O)Nc3ccccc3Br)C2=O)o1. The van der Waals surface area contributed by atoms with E-state index in [4.69, 9.17) is 9.52 Å². The van der Waals surface area contributed by atoms with Crippen LogP contribution in [0.5, 0.6) is 0 Å². The van der Waals surface area contributed by atoms with Gasteiger partial charge in [-0.05, 0) is 76.6 Å². The number of amides is 3. The van der Waals surface area contributed by atoms with Gasteiger partial charge < -0.3 is 14.8 Å². The molecule has 1 aliphatic heterocycles. The summed E-state index contributed by atoms with van der Waals surface area (Å²) in [6.45, 7) is 1.36. The molecule has 3 amide bonds. The first-order valence-corrected chi connectivity index (χ1v) is 11.6.